The van der Waals surface area contributed by atoms with E-state index in [1.54, 1.807) is 12.1 Å². The highest BCUT2D eigenvalue weighted by Crippen LogP contribution is 2.36. The zero-order chi connectivity index (χ0) is 18.4. The van der Waals surface area contributed by atoms with Gasteiger partial charge < -0.3 is 9.84 Å². The number of phenolic OH excluding ortho intramolecular Hbond substituents is 1. The van der Waals surface area contributed by atoms with E-state index in [1.807, 2.05) is 24.0 Å². The summed E-state index contributed by atoms with van der Waals surface area (Å²) in [6.07, 6.45) is 3.75. The summed E-state index contributed by atoms with van der Waals surface area (Å²) in [6.45, 7) is 0. The van der Waals surface area contributed by atoms with E-state index < -0.39 is 0 Å². The maximum atomic E-state index is 10.0. The SMILES string of the molecule is Cn1ncc2cc(-c3ccc(O)cc3OC3Cc4ccccc4C3)ccc21. The molecule has 1 aliphatic carbocycles. The number of hydrogen-bond donors (Lipinski definition) is 1. The fraction of sp³-hybridized carbons (Fsp3) is 0.174. The minimum Gasteiger partial charge on any atom is -0.508 e. The van der Waals surface area contributed by atoms with Crippen molar-refractivity contribution in [2.24, 2.45) is 7.05 Å². The summed E-state index contributed by atoms with van der Waals surface area (Å²) in [4.78, 5) is 0. The fourth-order valence-electron chi connectivity index (χ4n) is 3.96. The van der Waals surface area contributed by atoms with Crippen LogP contribution in [0.25, 0.3) is 22.0 Å². The molecule has 0 spiro atoms. The topological polar surface area (TPSA) is 47.3 Å². The third kappa shape index (κ3) is 2.83. The van der Waals surface area contributed by atoms with Gasteiger partial charge in [0.1, 0.15) is 17.6 Å². The minimum absolute atomic E-state index is 0.0880. The van der Waals surface area contributed by atoms with Crippen LogP contribution >= 0.6 is 0 Å². The van der Waals surface area contributed by atoms with Crippen molar-refractivity contribution in [3.05, 3.63) is 78.0 Å². The Kier molecular flexibility index (Phi) is 3.64. The average Bonchev–Trinajstić information content (AvgIpc) is 3.24. The Balaban J connectivity index is 1.50. The first kappa shape index (κ1) is 15.9. The molecule has 0 unspecified atom stereocenters. The first-order chi connectivity index (χ1) is 13.2. The van der Waals surface area contributed by atoms with Gasteiger partial charge in [0.25, 0.3) is 0 Å². The Morgan fingerprint density at radius 3 is 2.56 bits per heavy atom. The lowest BCUT2D eigenvalue weighted by Crippen LogP contribution is -2.16. The van der Waals surface area contributed by atoms with Gasteiger partial charge in [-0.15, -0.1) is 0 Å². The van der Waals surface area contributed by atoms with Crippen LogP contribution in [0, 0.1) is 0 Å². The number of aromatic nitrogens is 2. The minimum atomic E-state index is 0.0880. The quantitative estimate of drug-likeness (QED) is 0.588. The van der Waals surface area contributed by atoms with Crippen LogP contribution in [0.4, 0.5) is 0 Å². The molecule has 4 aromatic rings. The van der Waals surface area contributed by atoms with Crippen LogP contribution in [0.15, 0.2) is 66.9 Å². The van der Waals surface area contributed by atoms with Gasteiger partial charge >= 0.3 is 0 Å². The van der Waals surface area contributed by atoms with Crippen LogP contribution < -0.4 is 4.74 Å². The molecule has 4 heteroatoms. The summed E-state index contributed by atoms with van der Waals surface area (Å²) < 4.78 is 8.22. The molecule has 27 heavy (non-hydrogen) atoms. The van der Waals surface area contributed by atoms with Gasteiger partial charge in [0.15, 0.2) is 0 Å². The third-order valence-corrected chi connectivity index (χ3v) is 5.33. The molecule has 0 amide bonds. The Morgan fingerprint density at radius 2 is 1.78 bits per heavy atom. The van der Waals surface area contributed by atoms with E-state index in [0.717, 1.165) is 40.6 Å². The van der Waals surface area contributed by atoms with Gasteiger partial charge in [-0.3, -0.25) is 4.68 Å². The van der Waals surface area contributed by atoms with Crippen LogP contribution in [0.2, 0.25) is 0 Å². The largest absolute Gasteiger partial charge is 0.508 e. The van der Waals surface area contributed by atoms with Crippen molar-refractivity contribution in [3.8, 4) is 22.6 Å². The average molecular weight is 356 g/mol. The molecular formula is C23H20N2O2. The Hall–Kier alpha value is -3.27. The molecule has 0 saturated heterocycles. The second kappa shape index (κ2) is 6.16. The Labute approximate surface area is 157 Å². The molecule has 1 heterocycles. The summed E-state index contributed by atoms with van der Waals surface area (Å²) in [5.41, 5.74) is 5.82. The molecule has 0 radical (unpaired) electrons. The number of aryl methyl sites for hydroxylation is 1. The maximum Gasteiger partial charge on any atom is 0.131 e. The van der Waals surface area contributed by atoms with Crippen molar-refractivity contribution in [1.29, 1.82) is 0 Å². The first-order valence-electron chi connectivity index (χ1n) is 9.16. The van der Waals surface area contributed by atoms with Crippen LogP contribution in [0.5, 0.6) is 11.5 Å². The molecule has 0 fully saturated rings. The highest BCUT2D eigenvalue weighted by Gasteiger charge is 2.23. The predicted octanol–water partition coefficient (Wildman–Crippen LogP) is 4.49. The summed E-state index contributed by atoms with van der Waals surface area (Å²) in [6, 6.07) is 20.1. The lowest BCUT2D eigenvalue weighted by atomic mass is 10.0. The molecule has 0 atom stereocenters. The molecule has 0 aliphatic heterocycles. The van der Waals surface area contributed by atoms with E-state index in [4.69, 9.17) is 4.74 Å². The van der Waals surface area contributed by atoms with E-state index in [2.05, 4.69) is 47.6 Å². The van der Waals surface area contributed by atoms with E-state index in [1.165, 1.54) is 11.1 Å². The van der Waals surface area contributed by atoms with Gasteiger partial charge in [0, 0.05) is 36.9 Å². The van der Waals surface area contributed by atoms with Crippen molar-refractivity contribution < 1.29 is 9.84 Å². The lowest BCUT2D eigenvalue weighted by Gasteiger charge is -2.17. The Bertz CT molecular complexity index is 1120. The fourth-order valence-corrected chi connectivity index (χ4v) is 3.96. The number of benzene rings is 3. The molecule has 1 aliphatic rings. The monoisotopic (exact) mass is 356 g/mol. The standard InChI is InChI=1S/C23H20N2O2/c1-25-22-9-6-17(10-18(22)14-24-25)21-8-7-19(26)13-23(21)27-20-11-15-4-2-3-5-16(15)12-20/h2-10,13-14,20,26H,11-12H2,1H3. The lowest BCUT2D eigenvalue weighted by molar-refractivity contribution is 0.214. The second-order valence-corrected chi connectivity index (χ2v) is 7.14. The molecule has 134 valence electrons. The molecule has 1 aromatic heterocycles. The van der Waals surface area contributed by atoms with Crippen molar-refractivity contribution in [2.75, 3.05) is 0 Å². The van der Waals surface area contributed by atoms with Crippen LogP contribution in [0.1, 0.15) is 11.1 Å². The predicted molar refractivity (Wildman–Crippen MR) is 106 cm³/mol. The molecule has 5 rings (SSSR count). The second-order valence-electron chi connectivity index (χ2n) is 7.14. The van der Waals surface area contributed by atoms with Gasteiger partial charge in [-0.2, -0.15) is 5.10 Å². The summed E-state index contributed by atoms with van der Waals surface area (Å²) in [7, 11) is 1.94. The zero-order valence-corrected chi connectivity index (χ0v) is 15.1. The first-order valence-corrected chi connectivity index (χ1v) is 9.16. The van der Waals surface area contributed by atoms with Crippen molar-refractivity contribution in [2.45, 2.75) is 18.9 Å². The number of phenols is 1. The molecule has 0 bridgehead atoms. The van der Waals surface area contributed by atoms with Gasteiger partial charge in [0.2, 0.25) is 0 Å². The highest BCUT2D eigenvalue weighted by molar-refractivity contribution is 5.86. The number of nitrogens with zero attached hydrogens (tertiary/aromatic N) is 2. The van der Waals surface area contributed by atoms with E-state index >= 15 is 0 Å². The van der Waals surface area contributed by atoms with E-state index in [9.17, 15) is 5.11 Å². The van der Waals surface area contributed by atoms with Crippen molar-refractivity contribution in [3.63, 3.8) is 0 Å². The van der Waals surface area contributed by atoms with E-state index in [0.29, 0.717) is 0 Å². The van der Waals surface area contributed by atoms with Crippen molar-refractivity contribution in [1.82, 2.24) is 9.78 Å². The van der Waals surface area contributed by atoms with Crippen LogP contribution in [0.3, 0.4) is 0 Å². The van der Waals surface area contributed by atoms with Gasteiger partial charge in [-0.1, -0.05) is 30.3 Å². The maximum absolute atomic E-state index is 10.0. The summed E-state index contributed by atoms with van der Waals surface area (Å²) in [5.74, 6) is 0.933. The third-order valence-electron chi connectivity index (χ3n) is 5.33. The van der Waals surface area contributed by atoms with E-state index in [-0.39, 0.29) is 11.9 Å². The van der Waals surface area contributed by atoms with Gasteiger partial charge in [0.05, 0.1) is 11.7 Å². The van der Waals surface area contributed by atoms with Crippen LogP contribution in [-0.2, 0) is 19.9 Å². The number of fused-ring (bicyclic) bond motifs is 2. The van der Waals surface area contributed by atoms with Crippen molar-refractivity contribution >= 4 is 10.9 Å². The molecular weight excluding hydrogens is 336 g/mol. The number of rotatable bonds is 3. The summed E-state index contributed by atoms with van der Waals surface area (Å²) in [5, 5.41) is 15.4. The Morgan fingerprint density at radius 1 is 1.00 bits per heavy atom. The molecule has 0 saturated carbocycles. The zero-order valence-electron chi connectivity index (χ0n) is 15.1. The molecule has 4 nitrogen and oxygen atoms in total. The van der Waals surface area contributed by atoms with Crippen LogP contribution in [-0.4, -0.2) is 21.0 Å². The summed E-state index contributed by atoms with van der Waals surface area (Å²) >= 11 is 0. The molecule has 1 N–H and O–H groups in total. The number of aromatic hydroxyl groups is 1. The highest BCUT2D eigenvalue weighted by atomic mass is 16.5. The van der Waals surface area contributed by atoms with Gasteiger partial charge in [-0.25, -0.2) is 0 Å². The molecule has 3 aromatic carbocycles. The van der Waals surface area contributed by atoms with Gasteiger partial charge in [-0.05, 0) is 41.0 Å². The number of ether oxygens (including phenoxy) is 1. The normalized spacial score (nSPS) is 13.8. The smallest absolute Gasteiger partial charge is 0.131 e. The number of hydrogen-bond acceptors (Lipinski definition) is 3.